The summed E-state index contributed by atoms with van der Waals surface area (Å²) in [5.74, 6) is -0.673. The van der Waals surface area contributed by atoms with E-state index in [0.29, 0.717) is 24.4 Å². The van der Waals surface area contributed by atoms with Gasteiger partial charge in [-0.05, 0) is 47.0 Å². The Morgan fingerprint density at radius 2 is 2.00 bits per heavy atom. The number of carboxylic acid groups (broad SMARTS) is 1. The molecule has 0 fully saturated rings. The van der Waals surface area contributed by atoms with Crippen LogP contribution >= 0.6 is 0 Å². The molecular formula is C24H17FN2O3. The van der Waals surface area contributed by atoms with Crippen LogP contribution in [0.4, 0.5) is 4.39 Å². The highest BCUT2D eigenvalue weighted by molar-refractivity contribution is 5.92. The lowest BCUT2D eigenvalue weighted by atomic mass is 9.93. The number of allylic oxidation sites excluding steroid dienone is 1. The summed E-state index contributed by atoms with van der Waals surface area (Å²) in [4.78, 5) is 15.8. The highest BCUT2D eigenvalue weighted by atomic mass is 19.1. The van der Waals surface area contributed by atoms with Gasteiger partial charge in [0.05, 0.1) is 22.9 Å². The van der Waals surface area contributed by atoms with Crippen LogP contribution in [-0.2, 0) is 13.2 Å². The number of carbonyl (C=O) groups is 1. The number of ether oxygens (including phenoxy) is 1. The summed E-state index contributed by atoms with van der Waals surface area (Å²) in [6, 6.07) is 17.3. The molecule has 30 heavy (non-hydrogen) atoms. The number of rotatable bonds is 3. The average molecular weight is 400 g/mol. The van der Waals surface area contributed by atoms with Gasteiger partial charge in [-0.2, -0.15) is 0 Å². The molecule has 5 rings (SSSR count). The van der Waals surface area contributed by atoms with Crippen molar-refractivity contribution in [1.29, 1.82) is 0 Å². The van der Waals surface area contributed by atoms with Crippen molar-refractivity contribution in [2.24, 2.45) is 0 Å². The number of halogens is 1. The molecule has 1 aliphatic rings. The topological polar surface area (TPSA) is 64.3 Å². The van der Waals surface area contributed by atoms with Gasteiger partial charge in [0, 0.05) is 18.2 Å². The average Bonchev–Trinajstić information content (AvgIpc) is 3.07. The van der Waals surface area contributed by atoms with E-state index in [2.05, 4.69) is 4.98 Å². The largest absolute Gasteiger partial charge is 0.488 e. The molecule has 0 saturated heterocycles. The first-order valence-corrected chi connectivity index (χ1v) is 9.49. The summed E-state index contributed by atoms with van der Waals surface area (Å²) in [5, 5.41) is 9.46. The summed E-state index contributed by atoms with van der Waals surface area (Å²) in [5.41, 5.74) is 5.26. The molecule has 0 radical (unpaired) electrons. The molecule has 3 aromatic carbocycles. The van der Waals surface area contributed by atoms with Crippen LogP contribution in [0, 0.1) is 5.82 Å². The Labute approximate surface area is 171 Å². The predicted molar refractivity (Wildman–Crippen MR) is 111 cm³/mol. The van der Waals surface area contributed by atoms with Gasteiger partial charge >= 0.3 is 5.97 Å². The summed E-state index contributed by atoms with van der Waals surface area (Å²) in [6.07, 6.45) is 3.71. The Kier molecular flexibility index (Phi) is 4.32. The van der Waals surface area contributed by atoms with Gasteiger partial charge in [0.15, 0.2) is 0 Å². The second kappa shape index (κ2) is 7.15. The molecular weight excluding hydrogens is 383 g/mol. The van der Waals surface area contributed by atoms with E-state index in [9.17, 15) is 14.3 Å². The van der Waals surface area contributed by atoms with Gasteiger partial charge in [0.25, 0.3) is 0 Å². The summed E-state index contributed by atoms with van der Waals surface area (Å²) in [7, 11) is 0. The number of aromatic carboxylic acids is 1. The maximum atomic E-state index is 13.5. The van der Waals surface area contributed by atoms with E-state index in [4.69, 9.17) is 4.74 Å². The molecule has 0 unspecified atom stereocenters. The molecule has 1 aromatic heterocycles. The maximum Gasteiger partial charge on any atom is 0.335 e. The van der Waals surface area contributed by atoms with Crippen molar-refractivity contribution >= 4 is 22.6 Å². The first-order chi connectivity index (χ1) is 14.6. The minimum atomic E-state index is -0.989. The van der Waals surface area contributed by atoms with Crippen LogP contribution in [0.5, 0.6) is 5.75 Å². The fourth-order valence-corrected chi connectivity index (χ4v) is 3.80. The molecule has 148 valence electrons. The van der Waals surface area contributed by atoms with Crippen molar-refractivity contribution in [3.8, 4) is 5.75 Å². The number of benzene rings is 3. The molecule has 4 aromatic rings. The zero-order valence-electron chi connectivity index (χ0n) is 15.9. The van der Waals surface area contributed by atoms with Crippen LogP contribution in [-0.4, -0.2) is 20.6 Å². The quantitative estimate of drug-likeness (QED) is 0.531. The molecule has 6 heteroatoms. The molecule has 0 bridgehead atoms. The summed E-state index contributed by atoms with van der Waals surface area (Å²) >= 11 is 0. The van der Waals surface area contributed by atoms with Gasteiger partial charge in [0.2, 0.25) is 0 Å². The van der Waals surface area contributed by atoms with Gasteiger partial charge in [-0.1, -0.05) is 30.3 Å². The molecule has 1 N–H and O–H groups in total. The third-order valence-corrected chi connectivity index (χ3v) is 5.28. The van der Waals surface area contributed by atoms with Crippen molar-refractivity contribution < 1.29 is 19.0 Å². The van der Waals surface area contributed by atoms with Gasteiger partial charge in [0.1, 0.15) is 18.2 Å². The normalized spacial score (nSPS) is 14.1. The molecule has 0 atom stereocenters. The molecule has 2 heterocycles. The van der Waals surface area contributed by atoms with E-state index >= 15 is 0 Å². The third kappa shape index (κ3) is 3.12. The third-order valence-electron chi connectivity index (χ3n) is 5.28. The van der Waals surface area contributed by atoms with Crippen molar-refractivity contribution in [1.82, 2.24) is 9.55 Å². The first-order valence-electron chi connectivity index (χ1n) is 9.49. The smallest absolute Gasteiger partial charge is 0.335 e. The van der Waals surface area contributed by atoms with Crippen molar-refractivity contribution in [3.05, 3.63) is 101 Å². The molecule has 0 spiro atoms. The zero-order chi connectivity index (χ0) is 20.7. The minimum Gasteiger partial charge on any atom is -0.488 e. The highest BCUT2D eigenvalue weighted by Gasteiger charge is 2.20. The maximum absolute atomic E-state index is 13.5. The Morgan fingerprint density at radius 3 is 2.87 bits per heavy atom. The molecule has 1 aliphatic heterocycles. The lowest BCUT2D eigenvalue weighted by Gasteiger charge is -2.12. The van der Waals surface area contributed by atoms with Gasteiger partial charge < -0.3 is 14.4 Å². The minimum absolute atomic E-state index is 0.200. The van der Waals surface area contributed by atoms with Crippen LogP contribution in [0.15, 0.2) is 73.1 Å². The number of imidazole rings is 1. The number of hydrogen-bond acceptors (Lipinski definition) is 3. The van der Waals surface area contributed by atoms with Gasteiger partial charge in [-0.3, -0.25) is 0 Å². The van der Waals surface area contributed by atoms with E-state index < -0.39 is 5.97 Å². The van der Waals surface area contributed by atoms with Gasteiger partial charge in [-0.25, -0.2) is 14.2 Å². The molecule has 0 saturated carbocycles. The Hall–Kier alpha value is -3.93. The standard InChI is InChI=1S/C24H17FN2O3/c25-17-6-7-22-21(12-17)26-14-27(22)10-9-19-18-4-2-1-3-16(18)13-30-23-8-5-15(24(28)29)11-20(19)23/h1-9,11-12,14H,10,13H2,(H,28,29)/b19-9+. The van der Waals surface area contributed by atoms with Crippen LogP contribution in [0.3, 0.4) is 0 Å². The molecule has 0 amide bonds. The summed E-state index contributed by atoms with van der Waals surface area (Å²) < 4.78 is 21.4. The van der Waals surface area contributed by atoms with Crippen molar-refractivity contribution in [2.45, 2.75) is 13.2 Å². The first kappa shape index (κ1) is 18.1. The Balaban J connectivity index is 1.65. The van der Waals surface area contributed by atoms with Gasteiger partial charge in [-0.15, -0.1) is 0 Å². The number of fused-ring (bicyclic) bond motifs is 3. The SMILES string of the molecule is O=C(O)c1ccc2c(c1)/C(=C/Cn1cnc3cc(F)ccc31)c1ccccc1CO2. The van der Waals surface area contributed by atoms with E-state index in [1.54, 1.807) is 30.6 Å². The highest BCUT2D eigenvalue weighted by Crippen LogP contribution is 2.37. The predicted octanol–water partition coefficient (Wildman–Crippen LogP) is 4.90. The second-order valence-corrected chi connectivity index (χ2v) is 7.11. The fraction of sp³-hybridized carbons (Fsp3) is 0.0833. The van der Waals surface area contributed by atoms with Crippen LogP contribution < -0.4 is 4.74 Å². The van der Waals surface area contributed by atoms with E-state index in [-0.39, 0.29) is 11.4 Å². The fourth-order valence-electron chi connectivity index (χ4n) is 3.80. The van der Waals surface area contributed by atoms with E-state index in [1.165, 1.54) is 12.1 Å². The Morgan fingerprint density at radius 1 is 1.13 bits per heavy atom. The van der Waals surface area contributed by atoms with E-state index in [1.807, 2.05) is 34.9 Å². The monoisotopic (exact) mass is 400 g/mol. The van der Waals surface area contributed by atoms with E-state index in [0.717, 1.165) is 27.8 Å². The number of aromatic nitrogens is 2. The summed E-state index contributed by atoms with van der Waals surface area (Å²) in [6.45, 7) is 0.892. The Bertz CT molecular complexity index is 1320. The number of hydrogen-bond donors (Lipinski definition) is 1. The molecule has 0 aliphatic carbocycles. The van der Waals surface area contributed by atoms with Crippen LogP contribution in [0.1, 0.15) is 27.0 Å². The second-order valence-electron chi connectivity index (χ2n) is 7.11. The van der Waals surface area contributed by atoms with Crippen LogP contribution in [0.2, 0.25) is 0 Å². The van der Waals surface area contributed by atoms with Crippen LogP contribution in [0.25, 0.3) is 16.6 Å². The lowest BCUT2D eigenvalue weighted by molar-refractivity contribution is 0.0697. The van der Waals surface area contributed by atoms with Crippen molar-refractivity contribution in [3.63, 3.8) is 0 Å². The molecule has 5 nitrogen and oxygen atoms in total. The number of nitrogens with zero attached hydrogens (tertiary/aromatic N) is 2. The lowest BCUT2D eigenvalue weighted by Crippen LogP contribution is -2.00. The number of carboxylic acids is 1. The zero-order valence-corrected chi connectivity index (χ0v) is 15.9. The van der Waals surface area contributed by atoms with Crippen molar-refractivity contribution in [2.75, 3.05) is 0 Å².